The number of nitrogens with zero attached hydrogens (tertiary/aromatic N) is 3. The van der Waals surface area contributed by atoms with Crippen LogP contribution in [0.2, 0.25) is 0 Å². The summed E-state index contributed by atoms with van der Waals surface area (Å²) in [6.45, 7) is 1.92. The van der Waals surface area contributed by atoms with Crippen LogP contribution in [0.1, 0.15) is 6.92 Å². The van der Waals surface area contributed by atoms with Crippen LogP contribution in [0.4, 0.5) is 0 Å². The van der Waals surface area contributed by atoms with Crippen LogP contribution in [0.15, 0.2) is 22.8 Å². The Morgan fingerprint density at radius 3 is 3.27 bits per heavy atom. The number of thioether (sulfide) groups is 1. The van der Waals surface area contributed by atoms with Crippen LogP contribution in [-0.2, 0) is 0 Å². The summed E-state index contributed by atoms with van der Waals surface area (Å²) in [7, 11) is 0. The molecule has 0 fully saturated rings. The van der Waals surface area contributed by atoms with E-state index in [1.807, 2.05) is 18.4 Å². The van der Waals surface area contributed by atoms with Gasteiger partial charge in [0, 0.05) is 11.1 Å². The van der Waals surface area contributed by atoms with Gasteiger partial charge < -0.3 is 0 Å². The smallest absolute Gasteiger partial charge is 0.127 e. The van der Waals surface area contributed by atoms with Crippen LogP contribution in [0.25, 0.3) is 10.2 Å². The first-order valence-electron chi connectivity index (χ1n) is 4.52. The lowest BCUT2D eigenvalue weighted by atomic mass is 10.3. The topological polar surface area (TPSA) is 49.6 Å². The van der Waals surface area contributed by atoms with Crippen LogP contribution in [-0.4, -0.2) is 15.7 Å². The van der Waals surface area contributed by atoms with Crippen molar-refractivity contribution in [3.8, 4) is 6.07 Å². The minimum Gasteiger partial charge on any atom is -0.229 e. The molecule has 0 amide bonds. The molecule has 1 atom stereocenters. The van der Waals surface area contributed by atoms with E-state index in [0.29, 0.717) is 0 Å². The van der Waals surface area contributed by atoms with Gasteiger partial charge in [0.25, 0.3) is 0 Å². The standard InChI is InChI=1S/C10H9N3S2/c1-7(4-11)5-15-10-8-2-3-14-9(8)12-6-13-10/h2-3,6-7H,5H2,1H3. The highest BCUT2D eigenvalue weighted by Crippen LogP contribution is 2.28. The molecule has 0 saturated heterocycles. The van der Waals surface area contributed by atoms with Gasteiger partial charge in [0.15, 0.2) is 0 Å². The van der Waals surface area contributed by atoms with Crippen LogP contribution in [0.3, 0.4) is 0 Å². The highest BCUT2D eigenvalue weighted by atomic mass is 32.2. The fourth-order valence-corrected chi connectivity index (χ4v) is 2.85. The summed E-state index contributed by atoms with van der Waals surface area (Å²) in [4.78, 5) is 9.42. The molecule has 0 aromatic carbocycles. The number of fused-ring (bicyclic) bond motifs is 1. The number of aromatic nitrogens is 2. The Bertz CT molecular complexity index is 501. The van der Waals surface area contributed by atoms with Crippen molar-refractivity contribution in [3.05, 3.63) is 17.8 Å². The van der Waals surface area contributed by atoms with E-state index in [2.05, 4.69) is 16.0 Å². The highest BCUT2D eigenvalue weighted by Gasteiger charge is 2.07. The average molecular weight is 235 g/mol. The molecular weight excluding hydrogens is 226 g/mol. The summed E-state index contributed by atoms with van der Waals surface area (Å²) in [5, 5.41) is 12.8. The molecule has 0 N–H and O–H groups in total. The SMILES string of the molecule is CC(C#N)CSc1ncnc2sccc12. The van der Waals surface area contributed by atoms with Gasteiger partial charge in [-0.25, -0.2) is 9.97 Å². The fourth-order valence-electron chi connectivity index (χ4n) is 1.12. The quantitative estimate of drug-likeness (QED) is 0.606. The summed E-state index contributed by atoms with van der Waals surface area (Å²) < 4.78 is 0. The van der Waals surface area contributed by atoms with Gasteiger partial charge in [0.05, 0.1) is 12.0 Å². The third-order valence-corrected chi connectivity index (χ3v) is 4.00. The molecule has 0 radical (unpaired) electrons. The second-order valence-electron chi connectivity index (χ2n) is 3.16. The predicted molar refractivity (Wildman–Crippen MR) is 62.9 cm³/mol. The third-order valence-electron chi connectivity index (χ3n) is 1.92. The maximum atomic E-state index is 8.69. The summed E-state index contributed by atoms with van der Waals surface area (Å²) in [6, 6.07) is 4.24. The minimum absolute atomic E-state index is 0.0543. The second-order valence-corrected chi connectivity index (χ2v) is 5.06. The average Bonchev–Trinajstić information content (AvgIpc) is 2.74. The zero-order chi connectivity index (χ0) is 10.7. The van der Waals surface area contributed by atoms with Crippen molar-refractivity contribution in [2.24, 2.45) is 5.92 Å². The van der Waals surface area contributed by atoms with Gasteiger partial charge in [0.1, 0.15) is 16.2 Å². The van der Waals surface area contributed by atoms with Crippen molar-refractivity contribution in [2.75, 3.05) is 5.75 Å². The molecule has 15 heavy (non-hydrogen) atoms. The molecule has 2 heterocycles. The van der Waals surface area contributed by atoms with Gasteiger partial charge in [0.2, 0.25) is 0 Å². The third kappa shape index (κ3) is 2.28. The van der Waals surface area contributed by atoms with Gasteiger partial charge in [-0.1, -0.05) is 0 Å². The van der Waals surface area contributed by atoms with Crippen LogP contribution in [0, 0.1) is 17.2 Å². The van der Waals surface area contributed by atoms with E-state index in [0.717, 1.165) is 21.0 Å². The first-order chi connectivity index (χ1) is 7.31. The van der Waals surface area contributed by atoms with E-state index in [-0.39, 0.29) is 5.92 Å². The van der Waals surface area contributed by atoms with Crippen molar-refractivity contribution in [2.45, 2.75) is 11.9 Å². The molecule has 76 valence electrons. The van der Waals surface area contributed by atoms with Gasteiger partial charge in [-0.2, -0.15) is 5.26 Å². The van der Waals surface area contributed by atoms with E-state index in [1.165, 1.54) is 0 Å². The normalized spacial score (nSPS) is 12.5. The molecular formula is C10H9N3S2. The zero-order valence-electron chi connectivity index (χ0n) is 8.17. The molecule has 2 rings (SSSR count). The van der Waals surface area contributed by atoms with Gasteiger partial charge >= 0.3 is 0 Å². The Balaban J connectivity index is 2.21. The Labute approximate surface area is 96.2 Å². The maximum Gasteiger partial charge on any atom is 0.127 e. The number of hydrogen-bond acceptors (Lipinski definition) is 5. The van der Waals surface area contributed by atoms with E-state index >= 15 is 0 Å². The van der Waals surface area contributed by atoms with Crippen molar-refractivity contribution < 1.29 is 0 Å². The first kappa shape index (κ1) is 10.4. The van der Waals surface area contributed by atoms with E-state index in [9.17, 15) is 0 Å². The molecule has 0 saturated carbocycles. The largest absolute Gasteiger partial charge is 0.229 e. The monoisotopic (exact) mass is 235 g/mol. The second kappa shape index (κ2) is 4.60. The highest BCUT2D eigenvalue weighted by molar-refractivity contribution is 7.99. The van der Waals surface area contributed by atoms with Crippen LogP contribution < -0.4 is 0 Å². The molecule has 0 aliphatic carbocycles. The van der Waals surface area contributed by atoms with Crippen molar-refractivity contribution in [1.29, 1.82) is 5.26 Å². The number of rotatable bonds is 3. The zero-order valence-corrected chi connectivity index (χ0v) is 9.81. The fraction of sp³-hybridized carbons (Fsp3) is 0.300. The van der Waals surface area contributed by atoms with Crippen molar-refractivity contribution in [3.63, 3.8) is 0 Å². The lowest BCUT2D eigenvalue weighted by Crippen LogP contribution is -1.94. The molecule has 2 aromatic heterocycles. The lowest BCUT2D eigenvalue weighted by Gasteiger charge is -2.02. The first-order valence-corrected chi connectivity index (χ1v) is 6.38. The number of hydrogen-bond donors (Lipinski definition) is 0. The van der Waals surface area contributed by atoms with Crippen LogP contribution in [0.5, 0.6) is 0 Å². The van der Waals surface area contributed by atoms with Gasteiger partial charge in [-0.3, -0.25) is 0 Å². The molecule has 0 aliphatic rings. The van der Waals surface area contributed by atoms with Gasteiger partial charge in [-0.05, 0) is 18.4 Å². The summed E-state index contributed by atoms with van der Waals surface area (Å²) >= 11 is 3.23. The lowest BCUT2D eigenvalue weighted by molar-refractivity contribution is 0.862. The Kier molecular flexibility index (Phi) is 3.19. The summed E-state index contributed by atoms with van der Waals surface area (Å²) in [5.74, 6) is 0.831. The Hall–Kier alpha value is -1.12. The Morgan fingerprint density at radius 2 is 2.47 bits per heavy atom. The molecule has 2 aromatic rings. The molecule has 5 heteroatoms. The van der Waals surface area contributed by atoms with E-state index in [4.69, 9.17) is 5.26 Å². The number of thiophene rings is 1. The molecule has 1 unspecified atom stereocenters. The Morgan fingerprint density at radius 1 is 1.60 bits per heavy atom. The minimum atomic E-state index is 0.0543. The summed E-state index contributed by atoms with van der Waals surface area (Å²) in [5.41, 5.74) is 0. The van der Waals surface area contributed by atoms with Crippen molar-refractivity contribution >= 4 is 33.3 Å². The predicted octanol–water partition coefficient (Wildman–Crippen LogP) is 2.94. The summed E-state index contributed by atoms with van der Waals surface area (Å²) in [6.07, 6.45) is 1.58. The van der Waals surface area contributed by atoms with Crippen molar-refractivity contribution in [1.82, 2.24) is 9.97 Å². The number of nitriles is 1. The molecule has 0 aliphatic heterocycles. The van der Waals surface area contributed by atoms with Gasteiger partial charge in [-0.15, -0.1) is 23.1 Å². The van der Waals surface area contributed by atoms with E-state index in [1.54, 1.807) is 29.4 Å². The van der Waals surface area contributed by atoms with E-state index < -0.39 is 0 Å². The van der Waals surface area contributed by atoms with Crippen LogP contribution >= 0.6 is 23.1 Å². The maximum absolute atomic E-state index is 8.69. The molecule has 0 bridgehead atoms. The molecule has 0 spiro atoms. The molecule has 3 nitrogen and oxygen atoms in total.